The molecule has 9 heteroatoms. The molecular weight excluding hydrogens is 410 g/mol. The smallest absolute Gasteiger partial charge is 0.225 e. The Morgan fingerprint density at radius 1 is 1.21 bits per heavy atom. The van der Waals surface area contributed by atoms with E-state index >= 15 is 0 Å². The number of pyridine rings is 1. The van der Waals surface area contributed by atoms with Crippen molar-refractivity contribution < 1.29 is 9.21 Å². The molecule has 0 saturated carbocycles. The molecule has 0 aliphatic heterocycles. The first-order valence-electron chi connectivity index (χ1n) is 8.40. The molecule has 0 fully saturated rings. The highest BCUT2D eigenvalue weighted by atomic mass is 35.5. The van der Waals surface area contributed by atoms with Gasteiger partial charge in [-0.05, 0) is 24.3 Å². The number of anilines is 2. The van der Waals surface area contributed by atoms with Crippen LogP contribution >= 0.6 is 23.4 Å². The number of nitrogens with two attached hydrogens (primary N) is 1. The molecule has 0 bridgehead atoms. The Hall–Kier alpha value is -3.46. The monoisotopic (exact) mass is 423 g/mol. The number of thioether (sulfide) groups is 1. The third kappa shape index (κ3) is 4.52. The van der Waals surface area contributed by atoms with Crippen LogP contribution in [0.4, 0.5) is 11.5 Å². The lowest BCUT2D eigenvalue weighted by Gasteiger charge is -2.11. The van der Waals surface area contributed by atoms with Crippen molar-refractivity contribution in [2.24, 2.45) is 0 Å². The van der Waals surface area contributed by atoms with Gasteiger partial charge in [-0.3, -0.25) is 4.79 Å². The van der Waals surface area contributed by atoms with E-state index in [-0.39, 0.29) is 29.3 Å². The van der Waals surface area contributed by atoms with E-state index in [0.717, 1.165) is 0 Å². The number of carbonyl (C=O) groups is 1. The van der Waals surface area contributed by atoms with Crippen molar-refractivity contribution in [3.05, 3.63) is 58.8 Å². The second-order valence-corrected chi connectivity index (χ2v) is 7.25. The van der Waals surface area contributed by atoms with Crippen molar-refractivity contribution in [2.75, 3.05) is 16.8 Å². The van der Waals surface area contributed by atoms with Gasteiger partial charge in [0.2, 0.25) is 5.91 Å². The molecule has 1 amide bonds. The van der Waals surface area contributed by atoms with E-state index in [4.69, 9.17) is 21.8 Å². The summed E-state index contributed by atoms with van der Waals surface area (Å²) in [5, 5.41) is 22.6. The molecule has 0 aliphatic carbocycles. The number of para-hydroxylation sites is 1. The highest BCUT2D eigenvalue weighted by Gasteiger charge is 2.22. The van der Waals surface area contributed by atoms with Crippen LogP contribution in [0.1, 0.15) is 17.5 Å². The molecule has 3 N–H and O–H groups in total. The molecule has 0 atom stereocenters. The summed E-state index contributed by atoms with van der Waals surface area (Å²) in [4.78, 5) is 16.4. The maximum atomic E-state index is 12.2. The minimum absolute atomic E-state index is 0.000851. The first kappa shape index (κ1) is 20.3. The minimum Gasteiger partial charge on any atom is -0.464 e. The summed E-state index contributed by atoms with van der Waals surface area (Å²) in [7, 11) is 0. The Morgan fingerprint density at radius 3 is 2.62 bits per heavy atom. The molecule has 3 rings (SSSR count). The summed E-state index contributed by atoms with van der Waals surface area (Å²) >= 11 is 7.24. The van der Waals surface area contributed by atoms with Crippen LogP contribution in [0.5, 0.6) is 0 Å². The van der Waals surface area contributed by atoms with Gasteiger partial charge in [0.1, 0.15) is 34.3 Å². The fraction of sp³-hybridized carbons (Fsp3) is 0.100. The van der Waals surface area contributed by atoms with Gasteiger partial charge in [0.15, 0.2) is 0 Å². The lowest BCUT2D eigenvalue weighted by Crippen LogP contribution is -2.12. The van der Waals surface area contributed by atoms with Crippen molar-refractivity contribution in [2.45, 2.75) is 11.4 Å². The Bertz CT molecular complexity index is 1130. The quantitative estimate of drug-likeness (QED) is 0.560. The number of benzene rings is 1. The van der Waals surface area contributed by atoms with Crippen LogP contribution in [-0.2, 0) is 4.79 Å². The lowest BCUT2D eigenvalue weighted by atomic mass is 10.0. The summed E-state index contributed by atoms with van der Waals surface area (Å²) in [6.45, 7) is 0. The molecule has 0 radical (unpaired) electrons. The molecule has 29 heavy (non-hydrogen) atoms. The van der Waals surface area contributed by atoms with Crippen molar-refractivity contribution in [1.29, 1.82) is 10.5 Å². The Morgan fingerprint density at radius 2 is 1.97 bits per heavy atom. The number of aromatic nitrogens is 1. The van der Waals surface area contributed by atoms with Crippen LogP contribution < -0.4 is 11.1 Å². The van der Waals surface area contributed by atoms with Gasteiger partial charge < -0.3 is 15.5 Å². The van der Waals surface area contributed by atoms with Gasteiger partial charge in [-0.25, -0.2) is 4.98 Å². The predicted octanol–water partition coefficient (Wildman–Crippen LogP) is 4.44. The van der Waals surface area contributed by atoms with E-state index in [9.17, 15) is 15.3 Å². The number of halogens is 1. The van der Waals surface area contributed by atoms with Crippen LogP contribution in [0.25, 0.3) is 11.3 Å². The molecule has 2 aromatic heterocycles. The van der Waals surface area contributed by atoms with Crippen molar-refractivity contribution in [1.82, 2.24) is 4.98 Å². The molecule has 1 aromatic carbocycles. The first-order chi connectivity index (χ1) is 14.0. The second-order valence-electron chi connectivity index (χ2n) is 5.75. The summed E-state index contributed by atoms with van der Waals surface area (Å²) < 4.78 is 5.36. The molecule has 0 spiro atoms. The summed E-state index contributed by atoms with van der Waals surface area (Å²) in [5.41, 5.74) is 7.02. The molecular formula is C20H14ClN5O2S. The van der Waals surface area contributed by atoms with Gasteiger partial charge in [0.25, 0.3) is 0 Å². The number of nitrogens with zero attached hydrogens (tertiary/aromatic N) is 3. The lowest BCUT2D eigenvalue weighted by molar-refractivity contribution is -0.115. The van der Waals surface area contributed by atoms with E-state index < -0.39 is 0 Å². The molecule has 0 unspecified atom stereocenters. The van der Waals surface area contributed by atoms with E-state index in [0.29, 0.717) is 32.8 Å². The Kier molecular flexibility index (Phi) is 6.40. The maximum Gasteiger partial charge on any atom is 0.225 e. The number of amides is 1. The van der Waals surface area contributed by atoms with Crippen molar-refractivity contribution >= 4 is 40.8 Å². The van der Waals surface area contributed by atoms with Crippen LogP contribution in [0, 0.1) is 22.7 Å². The molecule has 3 aromatic rings. The predicted molar refractivity (Wildman–Crippen MR) is 111 cm³/mol. The van der Waals surface area contributed by atoms with Crippen LogP contribution in [0.15, 0.2) is 52.1 Å². The summed E-state index contributed by atoms with van der Waals surface area (Å²) in [5.74, 6) is 0.476. The van der Waals surface area contributed by atoms with Crippen LogP contribution in [0.3, 0.4) is 0 Å². The number of nitrogen functional groups attached to an aromatic ring is 1. The van der Waals surface area contributed by atoms with Gasteiger partial charge in [-0.15, -0.1) is 11.8 Å². The number of hydrogen-bond donors (Lipinski definition) is 2. The zero-order valence-corrected chi connectivity index (χ0v) is 16.5. The number of rotatable bonds is 6. The Balaban J connectivity index is 1.78. The number of nitriles is 2. The SMILES string of the molecule is N#Cc1c(N)nc(SCCC(=O)Nc2ccccc2Cl)c(C#N)c1-c1ccco1. The normalized spacial score (nSPS) is 10.2. The van der Waals surface area contributed by atoms with Gasteiger partial charge in [-0.1, -0.05) is 23.7 Å². The van der Waals surface area contributed by atoms with Crippen molar-refractivity contribution in [3.8, 4) is 23.5 Å². The average molecular weight is 424 g/mol. The van der Waals surface area contributed by atoms with E-state index in [1.165, 1.54) is 18.0 Å². The van der Waals surface area contributed by atoms with Gasteiger partial charge in [-0.2, -0.15) is 10.5 Å². The molecule has 2 heterocycles. The zero-order chi connectivity index (χ0) is 20.8. The number of furan rings is 1. The van der Waals surface area contributed by atoms with E-state index in [1.807, 2.05) is 6.07 Å². The topological polar surface area (TPSA) is 129 Å². The summed E-state index contributed by atoms with van der Waals surface area (Å²) in [6.07, 6.45) is 1.61. The summed E-state index contributed by atoms with van der Waals surface area (Å²) in [6, 6.07) is 14.3. The third-order valence-electron chi connectivity index (χ3n) is 3.90. The van der Waals surface area contributed by atoms with Gasteiger partial charge in [0.05, 0.1) is 28.1 Å². The molecule has 144 valence electrons. The second kappa shape index (κ2) is 9.16. The highest BCUT2D eigenvalue weighted by Crippen LogP contribution is 2.36. The number of carbonyl (C=O) groups excluding carboxylic acids is 1. The minimum atomic E-state index is -0.225. The molecule has 0 aliphatic rings. The van der Waals surface area contributed by atoms with E-state index in [1.54, 1.807) is 36.4 Å². The molecule has 7 nitrogen and oxygen atoms in total. The van der Waals surface area contributed by atoms with Crippen LogP contribution in [0.2, 0.25) is 5.02 Å². The number of hydrogen-bond acceptors (Lipinski definition) is 7. The van der Waals surface area contributed by atoms with Crippen LogP contribution in [-0.4, -0.2) is 16.6 Å². The van der Waals surface area contributed by atoms with Gasteiger partial charge >= 0.3 is 0 Å². The largest absolute Gasteiger partial charge is 0.464 e. The fourth-order valence-electron chi connectivity index (χ4n) is 2.59. The highest BCUT2D eigenvalue weighted by molar-refractivity contribution is 7.99. The molecule has 0 saturated heterocycles. The number of nitrogens with one attached hydrogen (secondary N) is 1. The zero-order valence-electron chi connectivity index (χ0n) is 15.0. The van der Waals surface area contributed by atoms with Crippen molar-refractivity contribution in [3.63, 3.8) is 0 Å². The Labute approximate surface area is 176 Å². The maximum absolute atomic E-state index is 12.2. The van der Waals surface area contributed by atoms with E-state index in [2.05, 4.69) is 16.4 Å². The average Bonchev–Trinajstić information content (AvgIpc) is 3.23. The van der Waals surface area contributed by atoms with Gasteiger partial charge in [0, 0.05) is 12.2 Å². The third-order valence-corrected chi connectivity index (χ3v) is 5.21. The standard InChI is InChI=1S/C20H14ClN5O2S/c21-14-4-1-2-5-15(14)25-17(27)7-9-29-20-13(11-23)18(16-6-3-8-28-16)12(10-22)19(24)26-20/h1-6,8H,7,9H2,(H2,24,26)(H,25,27). The first-order valence-corrected chi connectivity index (χ1v) is 9.76. The fourth-order valence-corrected chi connectivity index (χ4v) is 3.70.